The number of fused-ring (bicyclic) bond motifs is 2. The van der Waals surface area contributed by atoms with Crippen LogP contribution in [0.15, 0.2) is 71.7 Å². The first-order valence-electron chi connectivity index (χ1n) is 17.1. The molecular formula is C37H48Cl2N6O2. The third-order valence-electron chi connectivity index (χ3n) is 11.2. The standard InChI is InChI=1S/C19H22ClN5O.C18H25NO.ClH/c20-16-5-3-6-17(15-16)23-13-11-22(12-14-23)8-4-10-25-19(26)24-9-2-1-7-18(24)21-25;1-19-10-9-18-8-4-3-5-15(18)17(19)11-13-6-7-14(20-2)12-16(13)18;/h1-3,5-7,9,15H,4,8,10-14H2;6-7,12,15,17H,3-5,8-11H2,1-2H3;1H/t;15-,17+,18+;/m.1./s1. The summed E-state index contributed by atoms with van der Waals surface area (Å²) in [6.45, 7) is 6.92. The molecule has 3 fully saturated rings. The van der Waals surface area contributed by atoms with E-state index in [4.69, 9.17) is 16.3 Å². The Balaban J connectivity index is 0.000000166. The molecule has 4 heterocycles. The molecule has 8 rings (SSSR count). The summed E-state index contributed by atoms with van der Waals surface area (Å²) in [6, 6.07) is 21.2. The van der Waals surface area contributed by atoms with Gasteiger partial charge in [0.1, 0.15) is 5.75 Å². The van der Waals surface area contributed by atoms with Gasteiger partial charge in [-0.3, -0.25) is 9.30 Å². The van der Waals surface area contributed by atoms with Crippen LogP contribution in [0.25, 0.3) is 5.65 Å². The van der Waals surface area contributed by atoms with Gasteiger partial charge in [0.15, 0.2) is 5.65 Å². The normalized spacial score (nSPS) is 24.0. The maximum atomic E-state index is 12.3. The molecule has 2 aromatic carbocycles. The third kappa shape index (κ3) is 6.80. The lowest BCUT2D eigenvalue weighted by molar-refractivity contribution is 0.00274. The fourth-order valence-electron chi connectivity index (χ4n) is 8.76. The van der Waals surface area contributed by atoms with Gasteiger partial charge in [-0.25, -0.2) is 9.48 Å². The van der Waals surface area contributed by atoms with E-state index in [1.54, 1.807) is 33.5 Å². The highest BCUT2D eigenvalue weighted by atomic mass is 35.5. The van der Waals surface area contributed by atoms with Gasteiger partial charge in [0, 0.05) is 67.6 Å². The highest BCUT2D eigenvalue weighted by Gasteiger charge is 2.53. The van der Waals surface area contributed by atoms with Crippen molar-refractivity contribution in [3.8, 4) is 5.75 Å². The highest BCUT2D eigenvalue weighted by molar-refractivity contribution is 6.30. The first-order chi connectivity index (χ1) is 22.4. The molecule has 4 aliphatic rings. The second-order valence-corrected chi connectivity index (χ2v) is 14.1. The van der Waals surface area contributed by atoms with Crippen molar-refractivity contribution in [2.75, 3.05) is 58.3 Å². The first kappa shape index (κ1) is 33.8. The summed E-state index contributed by atoms with van der Waals surface area (Å²) in [4.78, 5) is 19.7. The summed E-state index contributed by atoms with van der Waals surface area (Å²) in [6.07, 6.45) is 10.9. The van der Waals surface area contributed by atoms with Gasteiger partial charge < -0.3 is 14.5 Å². The lowest BCUT2D eigenvalue weighted by atomic mass is 9.52. The molecule has 252 valence electrons. The molecule has 0 radical (unpaired) electrons. The maximum Gasteiger partial charge on any atom is 0.350 e. The monoisotopic (exact) mass is 678 g/mol. The minimum Gasteiger partial charge on any atom is -0.497 e. The van der Waals surface area contributed by atoms with Gasteiger partial charge in [-0.15, -0.1) is 17.5 Å². The number of nitrogens with zero attached hydrogens (tertiary/aromatic N) is 6. The van der Waals surface area contributed by atoms with Crippen LogP contribution >= 0.6 is 24.0 Å². The maximum absolute atomic E-state index is 12.3. The second kappa shape index (κ2) is 14.6. The van der Waals surface area contributed by atoms with Crippen LogP contribution in [-0.4, -0.2) is 83.4 Å². The molecule has 2 aliphatic carbocycles. The molecule has 1 saturated carbocycles. The van der Waals surface area contributed by atoms with E-state index < -0.39 is 0 Å². The lowest BCUT2D eigenvalue weighted by Gasteiger charge is -2.58. The molecule has 2 aliphatic heterocycles. The van der Waals surface area contributed by atoms with E-state index in [1.165, 1.54) is 50.8 Å². The number of hydrogen-bond acceptors (Lipinski definition) is 6. The summed E-state index contributed by atoms with van der Waals surface area (Å²) >= 11 is 6.09. The summed E-state index contributed by atoms with van der Waals surface area (Å²) in [5.41, 5.74) is 5.50. The van der Waals surface area contributed by atoms with E-state index in [1.807, 2.05) is 36.4 Å². The van der Waals surface area contributed by atoms with Crippen molar-refractivity contribution >= 4 is 35.3 Å². The molecule has 47 heavy (non-hydrogen) atoms. The van der Waals surface area contributed by atoms with Gasteiger partial charge in [0.2, 0.25) is 0 Å². The SMILES string of the molecule is COc1ccc2c(c1)[C@]13CCCC[C@@H]1[C@H](C2)N(C)CC3.Cl.O=c1n(CCCN2CCN(c3cccc(Cl)c3)CC2)nc2ccccn12. The van der Waals surface area contributed by atoms with Gasteiger partial charge in [-0.2, -0.15) is 0 Å². The number of hydrogen-bond donors (Lipinski definition) is 0. The number of piperidine rings is 1. The number of likely N-dealkylation sites (N-methyl/N-ethyl adjacent to an activating group) is 1. The molecule has 4 aromatic rings. The lowest BCUT2D eigenvalue weighted by Crippen LogP contribution is -2.59. The number of rotatable bonds is 6. The summed E-state index contributed by atoms with van der Waals surface area (Å²) in [7, 11) is 4.12. The number of halogens is 2. The number of anilines is 1. The van der Waals surface area contributed by atoms with Gasteiger partial charge >= 0.3 is 5.69 Å². The number of pyridine rings is 1. The van der Waals surface area contributed by atoms with Crippen LogP contribution in [0.4, 0.5) is 5.69 Å². The fraction of sp³-hybridized carbons (Fsp3) is 0.514. The van der Waals surface area contributed by atoms with Gasteiger partial charge in [-0.05, 0) is 105 Å². The minimum atomic E-state index is -0.0635. The number of benzene rings is 2. The number of likely N-dealkylation sites (tertiary alicyclic amines) is 1. The Morgan fingerprint density at radius 1 is 0.957 bits per heavy atom. The van der Waals surface area contributed by atoms with Crippen molar-refractivity contribution in [3.05, 3.63) is 93.5 Å². The van der Waals surface area contributed by atoms with E-state index in [0.717, 1.165) is 61.9 Å². The van der Waals surface area contributed by atoms with Crippen LogP contribution in [0, 0.1) is 5.92 Å². The predicted molar refractivity (Wildman–Crippen MR) is 193 cm³/mol. The Morgan fingerprint density at radius 2 is 1.81 bits per heavy atom. The van der Waals surface area contributed by atoms with Crippen molar-refractivity contribution in [2.45, 2.75) is 62.9 Å². The van der Waals surface area contributed by atoms with Crippen molar-refractivity contribution in [1.82, 2.24) is 24.0 Å². The van der Waals surface area contributed by atoms with Crippen LogP contribution in [0.1, 0.15) is 49.7 Å². The molecule has 3 atom stereocenters. The van der Waals surface area contributed by atoms with Crippen molar-refractivity contribution in [2.24, 2.45) is 5.92 Å². The van der Waals surface area contributed by atoms with E-state index in [-0.39, 0.29) is 18.1 Å². The molecule has 2 aromatic heterocycles. The summed E-state index contributed by atoms with van der Waals surface area (Å²) < 4.78 is 8.66. The Hall–Kier alpha value is -3.04. The van der Waals surface area contributed by atoms with E-state index in [0.29, 0.717) is 17.6 Å². The zero-order chi connectivity index (χ0) is 31.7. The fourth-order valence-corrected chi connectivity index (χ4v) is 8.95. The van der Waals surface area contributed by atoms with Crippen LogP contribution in [0.5, 0.6) is 5.75 Å². The Morgan fingerprint density at radius 3 is 2.60 bits per heavy atom. The Labute approximate surface area is 289 Å². The molecule has 2 saturated heterocycles. The first-order valence-corrected chi connectivity index (χ1v) is 17.5. The number of piperazine rings is 1. The zero-order valence-electron chi connectivity index (χ0n) is 27.7. The van der Waals surface area contributed by atoms with Gasteiger partial charge in [0.05, 0.1) is 7.11 Å². The molecule has 8 nitrogen and oxygen atoms in total. The van der Waals surface area contributed by atoms with Crippen molar-refractivity contribution in [3.63, 3.8) is 0 Å². The summed E-state index contributed by atoms with van der Waals surface area (Å²) in [5.74, 6) is 1.91. The van der Waals surface area contributed by atoms with E-state index >= 15 is 0 Å². The summed E-state index contributed by atoms with van der Waals surface area (Å²) in [5, 5.41) is 5.16. The van der Waals surface area contributed by atoms with E-state index in [9.17, 15) is 4.79 Å². The Bertz CT molecular complexity index is 1720. The van der Waals surface area contributed by atoms with Crippen LogP contribution in [-0.2, 0) is 18.4 Å². The zero-order valence-corrected chi connectivity index (χ0v) is 29.3. The largest absolute Gasteiger partial charge is 0.497 e. The topological polar surface area (TPSA) is 58.2 Å². The molecule has 0 N–H and O–H groups in total. The molecule has 0 amide bonds. The molecule has 0 unspecified atom stereocenters. The predicted octanol–water partition coefficient (Wildman–Crippen LogP) is 6.17. The average molecular weight is 680 g/mol. The highest BCUT2D eigenvalue weighted by Crippen LogP contribution is 2.55. The van der Waals surface area contributed by atoms with Gasteiger partial charge in [0.25, 0.3) is 0 Å². The number of methoxy groups -OCH3 is 1. The van der Waals surface area contributed by atoms with Crippen LogP contribution < -0.4 is 15.3 Å². The second-order valence-electron chi connectivity index (χ2n) is 13.6. The number of ether oxygens (including phenoxy) is 1. The quantitative estimate of drug-likeness (QED) is 0.243. The average Bonchev–Trinajstić information content (AvgIpc) is 3.41. The van der Waals surface area contributed by atoms with E-state index in [2.05, 4.69) is 51.1 Å². The van der Waals surface area contributed by atoms with Gasteiger partial charge in [-0.1, -0.05) is 42.6 Å². The Kier molecular flexibility index (Phi) is 10.5. The van der Waals surface area contributed by atoms with Crippen molar-refractivity contribution < 1.29 is 4.74 Å². The molecule has 0 spiro atoms. The van der Waals surface area contributed by atoms with Crippen LogP contribution in [0.2, 0.25) is 5.02 Å². The minimum absolute atomic E-state index is 0. The smallest absolute Gasteiger partial charge is 0.350 e. The molecular weight excluding hydrogens is 631 g/mol. The number of aryl methyl sites for hydroxylation is 1. The molecule has 2 bridgehead atoms. The molecule has 10 heteroatoms. The van der Waals surface area contributed by atoms with Crippen LogP contribution in [0.3, 0.4) is 0 Å². The van der Waals surface area contributed by atoms with Crippen molar-refractivity contribution in [1.29, 1.82) is 0 Å². The number of aromatic nitrogens is 3. The third-order valence-corrected chi connectivity index (χ3v) is 11.4.